The molecule has 3 rings (SSSR count). The Morgan fingerprint density at radius 3 is 2.47 bits per heavy atom. The molecule has 0 radical (unpaired) electrons. The molecule has 1 aromatic heterocycles. The maximum atomic E-state index is 13.8. The minimum absolute atomic E-state index is 0.318. The zero-order chi connectivity index (χ0) is 12.0. The second-order valence-electron chi connectivity index (χ2n) is 4.82. The van der Waals surface area contributed by atoms with Gasteiger partial charge in [0.15, 0.2) is 11.6 Å². The highest BCUT2D eigenvalue weighted by atomic mass is 79.9. The molecule has 2 aliphatic rings. The maximum Gasteiger partial charge on any atom is 0.168 e. The van der Waals surface area contributed by atoms with Crippen molar-refractivity contribution in [3.63, 3.8) is 0 Å². The number of nitrogens with zero attached hydrogens (tertiary/aromatic N) is 2. The van der Waals surface area contributed by atoms with Crippen LogP contribution in [0.4, 0.5) is 14.6 Å². The number of alkyl halides is 1. The second kappa shape index (κ2) is 4.19. The van der Waals surface area contributed by atoms with Crippen LogP contribution >= 0.6 is 15.9 Å². The molecule has 0 N–H and O–H groups in total. The Hall–Kier alpha value is -0.710. The molecule has 5 heteroatoms. The highest BCUT2D eigenvalue weighted by molar-refractivity contribution is 9.09. The van der Waals surface area contributed by atoms with Gasteiger partial charge in [0.1, 0.15) is 5.82 Å². The van der Waals surface area contributed by atoms with Gasteiger partial charge in [0, 0.05) is 23.0 Å². The third kappa shape index (κ3) is 1.94. The summed E-state index contributed by atoms with van der Waals surface area (Å²) in [7, 11) is 0. The summed E-state index contributed by atoms with van der Waals surface area (Å²) in [5, 5.41) is 0. The summed E-state index contributed by atoms with van der Waals surface area (Å²) >= 11 is 3.64. The second-order valence-corrected chi connectivity index (χ2v) is 6.11. The first-order valence-electron chi connectivity index (χ1n) is 5.88. The van der Waals surface area contributed by atoms with E-state index in [2.05, 4.69) is 20.9 Å². The molecule has 0 amide bonds. The highest BCUT2D eigenvalue weighted by Gasteiger charge is 2.41. The molecule has 2 fully saturated rings. The smallest absolute Gasteiger partial charge is 0.168 e. The first-order valence-corrected chi connectivity index (χ1v) is 6.80. The summed E-state index contributed by atoms with van der Waals surface area (Å²) in [6, 6.07) is 1.60. The number of pyridine rings is 1. The van der Waals surface area contributed by atoms with Crippen molar-refractivity contribution in [2.75, 3.05) is 4.90 Å². The molecule has 2 bridgehead atoms. The van der Waals surface area contributed by atoms with Gasteiger partial charge in [0.05, 0.1) is 6.20 Å². The number of piperidine rings is 1. The van der Waals surface area contributed by atoms with Crippen molar-refractivity contribution in [3.05, 3.63) is 23.9 Å². The highest BCUT2D eigenvalue weighted by Crippen LogP contribution is 2.41. The fourth-order valence-electron chi connectivity index (χ4n) is 3.05. The molecule has 2 atom stereocenters. The van der Waals surface area contributed by atoms with E-state index in [-0.39, 0.29) is 0 Å². The van der Waals surface area contributed by atoms with Gasteiger partial charge in [0.25, 0.3) is 0 Å². The van der Waals surface area contributed by atoms with Crippen LogP contribution in [-0.4, -0.2) is 21.9 Å². The predicted molar refractivity (Wildman–Crippen MR) is 65.4 cm³/mol. The molecule has 2 nitrogen and oxygen atoms in total. The predicted octanol–water partition coefficient (Wildman–Crippen LogP) is 3.25. The monoisotopic (exact) mass is 302 g/mol. The Labute approximate surface area is 107 Å². The zero-order valence-corrected chi connectivity index (χ0v) is 10.8. The van der Waals surface area contributed by atoms with E-state index in [1.807, 2.05) is 4.90 Å². The third-order valence-electron chi connectivity index (χ3n) is 3.71. The first kappa shape index (κ1) is 11.4. The van der Waals surface area contributed by atoms with Gasteiger partial charge < -0.3 is 4.90 Å². The van der Waals surface area contributed by atoms with Crippen LogP contribution in [0.2, 0.25) is 0 Å². The van der Waals surface area contributed by atoms with Crippen molar-refractivity contribution in [2.24, 2.45) is 0 Å². The number of aromatic nitrogens is 1. The van der Waals surface area contributed by atoms with Crippen LogP contribution in [0.15, 0.2) is 12.3 Å². The van der Waals surface area contributed by atoms with E-state index in [1.54, 1.807) is 0 Å². The van der Waals surface area contributed by atoms with E-state index in [1.165, 1.54) is 0 Å². The first-order chi connectivity index (χ1) is 8.15. The third-order valence-corrected chi connectivity index (χ3v) is 4.46. The Balaban J connectivity index is 1.94. The lowest BCUT2D eigenvalue weighted by Gasteiger charge is -2.38. The summed E-state index contributed by atoms with van der Waals surface area (Å²) in [6.45, 7) is 0. The Kier molecular flexibility index (Phi) is 2.81. The summed E-state index contributed by atoms with van der Waals surface area (Å²) < 4.78 is 26.6. The summed E-state index contributed by atoms with van der Waals surface area (Å²) in [6.07, 6.45) is 5.26. The van der Waals surface area contributed by atoms with Crippen molar-refractivity contribution in [1.29, 1.82) is 0 Å². The van der Waals surface area contributed by atoms with E-state index in [0.29, 0.717) is 22.7 Å². The molecule has 2 aliphatic heterocycles. The quantitative estimate of drug-likeness (QED) is 0.740. The average Bonchev–Trinajstić information content (AvgIpc) is 2.53. The minimum atomic E-state index is -0.617. The minimum Gasteiger partial charge on any atom is -0.348 e. The van der Waals surface area contributed by atoms with Crippen molar-refractivity contribution in [3.8, 4) is 0 Å². The van der Waals surface area contributed by atoms with E-state index >= 15 is 0 Å². The van der Waals surface area contributed by atoms with Gasteiger partial charge >= 0.3 is 0 Å². The van der Waals surface area contributed by atoms with Gasteiger partial charge in [-0.1, -0.05) is 15.9 Å². The molecule has 0 saturated carbocycles. The summed E-state index contributed by atoms with van der Waals surface area (Å²) in [5.41, 5.74) is 0. The zero-order valence-electron chi connectivity index (χ0n) is 9.24. The van der Waals surface area contributed by atoms with Gasteiger partial charge in [-0.3, -0.25) is 0 Å². The largest absolute Gasteiger partial charge is 0.348 e. The molecule has 0 aliphatic carbocycles. The molecule has 1 aromatic rings. The average molecular weight is 303 g/mol. The number of hydrogen-bond acceptors (Lipinski definition) is 2. The molecule has 17 heavy (non-hydrogen) atoms. The van der Waals surface area contributed by atoms with Crippen molar-refractivity contribution in [2.45, 2.75) is 42.6 Å². The van der Waals surface area contributed by atoms with Crippen LogP contribution in [0.1, 0.15) is 25.7 Å². The van der Waals surface area contributed by atoms with Gasteiger partial charge in [0.2, 0.25) is 0 Å². The topological polar surface area (TPSA) is 16.1 Å². The molecule has 92 valence electrons. The maximum absolute atomic E-state index is 13.8. The Morgan fingerprint density at radius 2 is 1.88 bits per heavy atom. The van der Waals surface area contributed by atoms with Crippen LogP contribution < -0.4 is 4.90 Å². The summed E-state index contributed by atoms with van der Waals surface area (Å²) in [5.74, 6) is -0.845. The van der Waals surface area contributed by atoms with Gasteiger partial charge in [-0.05, 0) is 25.7 Å². The van der Waals surface area contributed by atoms with Crippen LogP contribution in [-0.2, 0) is 0 Å². The molecule has 0 spiro atoms. The van der Waals surface area contributed by atoms with Crippen LogP contribution in [0, 0.1) is 11.6 Å². The van der Waals surface area contributed by atoms with E-state index in [4.69, 9.17) is 0 Å². The number of rotatable bonds is 1. The van der Waals surface area contributed by atoms with Gasteiger partial charge in [-0.15, -0.1) is 0 Å². The Bertz CT molecular complexity index is 427. The van der Waals surface area contributed by atoms with E-state index < -0.39 is 11.6 Å². The van der Waals surface area contributed by atoms with Crippen LogP contribution in [0.3, 0.4) is 0 Å². The standard InChI is InChI=1S/C12H13BrF2N2/c13-7-3-9-1-2-10(4-7)17(9)12-11(15)5-8(14)6-16-12/h5-7,9-10H,1-4H2. The fraction of sp³-hybridized carbons (Fsp3) is 0.583. The molecule has 3 heterocycles. The van der Waals surface area contributed by atoms with Crippen LogP contribution in [0.25, 0.3) is 0 Å². The number of anilines is 1. The lowest BCUT2D eigenvalue weighted by Crippen LogP contribution is -2.44. The van der Waals surface area contributed by atoms with Gasteiger partial charge in [-0.2, -0.15) is 0 Å². The fourth-order valence-corrected chi connectivity index (χ4v) is 3.92. The number of fused-ring (bicyclic) bond motifs is 2. The molecular formula is C12H13BrF2N2. The molecule has 2 saturated heterocycles. The van der Waals surface area contributed by atoms with Crippen molar-refractivity contribution < 1.29 is 8.78 Å². The lowest BCUT2D eigenvalue weighted by atomic mass is 10.0. The molecule has 2 unspecified atom stereocenters. The van der Waals surface area contributed by atoms with Crippen molar-refractivity contribution in [1.82, 2.24) is 4.98 Å². The summed E-state index contributed by atoms with van der Waals surface area (Å²) in [4.78, 5) is 6.49. The normalized spacial score (nSPS) is 31.9. The van der Waals surface area contributed by atoms with Crippen LogP contribution in [0.5, 0.6) is 0 Å². The molecular weight excluding hydrogens is 290 g/mol. The van der Waals surface area contributed by atoms with Crippen molar-refractivity contribution >= 4 is 21.7 Å². The number of hydrogen-bond donors (Lipinski definition) is 0. The van der Waals surface area contributed by atoms with Gasteiger partial charge in [-0.25, -0.2) is 13.8 Å². The SMILES string of the molecule is Fc1cnc(N2C3CCC2CC(Br)C3)c(F)c1. The lowest BCUT2D eigenvalue weighted by molar-refractivity contribution is 0.465. The van der Waals surface area contributed by atoms with E-state index in [9.17, 15) is 8.78 Å². The molecule has 0 aromatic carbocycles. The Morgan fingerprint density at radius 1 is 1.24 bits per heavy atom. The van der Waals surface area contributed by atoms with E-state index in [0.717, 1.165) is 37.9 Å². The number of halogens is 3.